The molecule has 0 spiro atoms. The van der Waals surface area contributed by atoms with Crippen LogP contribution >= 0.6 is 0 Å². The Bertz CT molecular complexity index is 491. The normalized spacial score (nSPS) is 11.8. The SMILES string of the molecule is CCc1nc(C(C)(C)C)oc1-c1ccccc1. The molecule has 0 saturated heterocycles. The molecule has 1 aromatic carbocycles. The van der Waals surface area contributed by atoms with Gasteiger partial charge in [-0.1, -0.05) is 58.0 Å². The summed E-state index contributed by atoms with van der Waals surface area (Å²) in [6.45, 7) is 8.46. The lowest BCUT2D eigenvalue weighted by atomic mass is 9.97. The molecular formula is C15H19NO. The Balaban J connectivity index is 2.51. The molecule has 17 heavy (non-hydrogen) atoms. The highest BCUT2D eigenvalue weighted by Crippen LogP contribution is 2.30. The van der Waals surface area contributed by atoms with E-state index in [9.17, 15) is 0 Å². The third kappa shape index (κ3) is 2.41. The Hall–Kier alpha value is -1.57. The average molecular weight is 229 g/mol. The van der Waals surface area contributed by atoms with E-state index in [0.29, 0.717) is 0 Å². The summed E-state index contributed by atoms with van der Waals surface area (Å²) in [4.78, 5) is 4.61. The Morgan fingerprint density at radius 1 is 1.12 bits per heavy atom. The number of rotatable bonds is 2. The van der Waals surface area contributed by atoms with Crippen molar-refractivity contribution in [2.45, 2.75) is 39.5 Å². The molecule has 0 amide bonds. The van der Waals surface area contributed by atoms with Crippen LogP contribution in [-0.4, -0.2) is 4.98 Å². The van der Waals surface area contributed by atoms with Gasteiger partial charge in [0.05, 0.1) is 5.69 Å². The summed E-state index contributed by atoms with van der Waals surface area (Å²) >= 11 is 0. The van der Waals surface area contributed by atoms with Gasteiger partial charge in [0.1, 0.15) is 0 Å². The van der Waals surface area contributed by atoms with Gasteiger partial charge in [0, 0.05) is 11.0 Å². The molecule has 1 aromatic heterocycles. The number of hydrogen-bond acceptors (Lipinski definition) is 2. The summed E-state index contributed by atoms with van der Waals surface area (Å²) in [6, 6.07) is 10.2. The Labute approximate surface area is 103 Å². The summed E-state index contributed by atoms with van der Waals surface area (Å²) in [5.41, 5.74) is 2.10. The highest BCUT2D eigenvalue weighted by molar-refractivity contribution is 5.59. The summed E-state index contributed by atoms with van der Waals surface area (Å²) in [5.74, 6) is 1.73. The first-order valence-corrected chi connectivity index (χ1v) is 6.08. The minimum absolute atomic E-state index is 0.0447. The van der Waals surface area contributed by atoms with E-state index in [1.54, 1.807) is 0 Å². The monoisotopic (exact) mass is 229 g/mol. The maximum absolute atomic E-state index is 5.95. The number of nitrogens with zero attached hydrogens (tertiary/aromatic N) is 1. The van der Waals surface area contributed by atoms with E-state index in [0.717, 1.165) is 29.3 Å². The van der Waals surface area contributed by atoms with E-state index in [1.807, 2.05) is 18.2 Å². The van der Waals surface area contributed by atoms with E-state index in [4.69, 9.17) is 4.42 Å². The second-order valence-electron chi connectivity index (χ2n) is 5.26. The molecule has 0 aliphatic rings. The molecule has 2 heteroatoms. The molecular weight excluding hydrogens is 210 g/mol. The quantitative estimate of drug-likeness (QED) is 0.771. The van der Waals surface area contributed by atoms with Gasteiger partial charge >= 0.3 is 0 Å². The fourth-order valence-corrected chi connectivity index (χ4v) is 1.73. The summed E-state index contributed by atoms with van der Waals surface area (Å²) < 4.78 is 5.95. The maximum Gasteiger partial charge on any atom is 0.200 e. The lowest BCUT2D eigenvalue weighted by Gasteiger charge is -2.12. The summed E-state index contributed by atoms with van der Waals surface area (Å²) in [5, 5.41) is 0. The van der Waals surface area contributed by atoms with Crippen molar-refractivity contribution in [1.82, 2.24) is 4.98 Å². The molecule has 0 radical (unpaired) electrons. The zero-order chi connectivity index (χ0) is 12.5. The molecule has 0 fully saturated rings. The molecule has 90 valence electrons. The van der Waals surface area contributed by atoms with Crippen LogP contribution in [0.5, 0.6) is 0 Å². The zero-order valence-corrected chi connectivity index (χ0v) is 10.9. The van der Waals surface area contributed by atoms with Crippen LogP contribution in [0.2, 0.25) is 0 Å². The van der Waals surface area contributed by atoms with Gasteiger partial charge in [-0.05, 0) is 6.42 Å². The van der Waals surface area contributed by atoms with E-state index >= 15 is 0 Å². The number of benzene rings is 1. The van der Waals surface area contributed by atoms with Gasteiger partial charge < -0.3 is 4.42 Å². The molecule has 2 aromatic rings. The van der Waals surface area contributed by atoms with Crippen molar-refractivity contribution in [2.75, 3.05) is 0 Å². The van der Waals surface area contributed by atoms with Crippen LogP contribution in [0.4, 0.5) is 0 Å². The largest absolute Gasteiger partial charge is 0.440 e. The van der Waals surface area contributed by atoms with Crippen molar-refractivity contribution in [3.63, 3.8) is 0 Å². The fraction of sp³-hybridized carbons (Fsp3) is 0.400. The first-order chi connectivity index (χ1) is 8.02. The summed E-state index contributed by atoms with van der Waals surface area (Å²) in [7, 11) is 0. The van der Waals surface area contributed by atoms with Gasteiger partial charge in [-0.3, -0.25) is 0 Å². The summed E-state index contributed by atoms with van der Waals surface area (Å²) in [6.07, 6.45) is 0.893. The molecule has 2 nitrogen and oxygen atoms in total. The van der Waals surface area contributed by atoms with Crippen molar-refractivity contribution >= 4 is 0 Å². The minimum Gasteiger partial charge on any atom is -0.440 e. The predicted molar refractivity (Wildman–Crippen MR) is 70.0 cm³/mol. The smallest absolute Gasteiger partial charge is 0.200 e. The topological polar surface area (TPSA) is 26.0 Å². The Morgan fingerprint density at radius 2 is 1.76 bits per heavy atom. The van der Waals surface area contributed by atoms with Gasteiger partial charge in [0.25, 0.3) is 0 Å². The molecule has 0 unspecified atom stereocenters. The van der Waals surface area contributed by atoms with Gasteiger partial charge in [0.15, 0.2) is 5.76 Å². The van der Waals surface area contributed by atoms with Crippen LogP contribution in [0.3, 0.4) is 0 Å². The van der Waals surface area contributed by atoms with Crippen molar-refractivity contribution in [2.24, 2.45) is 0 Å². The van der Waals surface area contributed by atoms with Crippen LogP contribution in [0, 0.1) is 0 Å². The van der Waals surface area contributed by atoms with Crippen LogP contribution in [0.1, 0.15) is 39.3 Å². The van der Waals surface area contributed by atoms with Crippen molar-refractivity contribution < 1.29 is 4.42 Å². The standard InChI is InChI=1S/C15H19NO/c1-5-12-13(11-9-7-6-8-10-11)17-14(16-12)15(2,3)4/h6-10H,5H2,1-4H3. The van der Waals surface area contributed by atoms with Crippen LogP contribution in [0.15, 0.2) is 34.7 Å². The third-order valence-corrected chi connectivity index (χ3v) is 2.71. The second-order valence-corrected chi connectivity index (χ2v) is 5.26. The molecule has 1 heterocycles. The van der Waals surface area contributed by atoms with E-state index in [-0.39, 0.29) is 5.41 Å². The van der Waals surface area contributed by atoms with E-state index < -0.39 is 0 Å². The van der Waals surface area contributed by atoms with E-state index in [1.165, 1.54) is 0 Å². The molecule has 0 N–H and O–H groups in total. The Morgan fingerprint density at radius 3 is 2.29 bits per heavy atom. The predicted octanol–water partition coefficient (Wildman–Crippen LogP) is 4.20. The second kappa shape index (κ2) is 4.36. The van der Waals surface area contributed by atoms with Gasteiger partial charge in [-0.2, -0.15) is 0 Å². The molecule has 0 atom stereocenters. The number of oxazole rings is 1. The van der Waals surface area contributed by atoms with Crippen molar-refractivity contribution in [3.8, 4) is 11.3 Å². The minimum atomic E-state index is -0.0447. The first kappa shape index (κ1) is 11.9. The van der Waals surface area contributed by atoms with Crippen LogP contribution < -0.4 is 0 Å². The molecule has 0 aliphatic heterocycles. The fourth-order valence-electron chi connectivity index (χ4n) is 1.73. The van der Waals surface area contributed by atoms with Gasteiger partial charge in [-0.25, -0.2) is 4.98 Å². The lowest BCUT2D eigenvalue weighted by Crippen LogP contribution is -2.11. The molecule has 0 aliphatic carbocycles. The van der Waals surface area contributed by atoms with Crippen molar-refractivity contribution in [1.29, 1.82) is 0 Å². The van der Waals surface area contributed by atoms with Crippen LogP contribution in [0.25, 0.3) is 11.3 Å². The number of aromatic nitrogens is 1. The highest BCUT2D eigenvalue weighted by atomic mass is 16.4. The average Bonchev–Trinajstić information content (AvgIpc) is 2.73. The Kier molecular flexibility index (Phi) is 3.05. The van der Waals surface area contributed by atoms with Gasteiger partial charge in [-0.15, -0.1) is 0 Å². The van der Waals surface area contributed by atoms with E-state index in [2.05, 4.69) is 44.8 Å². The number of hydrogen-bond donors (Lipinski definition) is 0. The molecule has 0 bridgehead atoms. The first-order valence-electron chi connectivity index (χ1n) is 6.08. The molecule has 2 rings (SSSR count). The number of aryl methyl sites for hydroxylation is 1. The highest BCUT2D eigenvalue weighted by Gasteiger charge is 2.23. The van der Waals surface area contributed by atoms with Crippen LogP contribution in [-0.2, 0) is 11.8 Å². The molecule has 0 saturated carbocycles. The van der Waals surface area contributed by atoms with Gasteiger partial charge in [0.2, 0.25) is 5.89 Å². The zero-order valence-electron chi connectivity index (χ0n) is 10.9. The van der Waals surface area contributed by atoms with Crippen molar-refractivity contribution in [3.05, 3.63) is 41.9 Å². The maximum atomic E-state index is 5.95. The lowest BCUT2D eigenvalue weighted by molar-refractivity contribution is 0.399. The third-order valence-electron chi connectivity index (χ3n) is 2.71.